The van der Waals surface area contributed by atoms with E-state index in [9.17, 15) is 9.90 Å². The lowest BCUT2D eigenvalue weighted by Crippen LogP contribution is -2.56. The number of carbonyl (C=O) groups is 1. The van der Waals surface area contributed by atoms with Gasteiger partial charge in [0, 0.05) is 48.2 Å². The number of likely N-dealkylation sites (N-methyl/N-ethyl adjacent to an activating group) is 1. The molecule has 3 saturated heterocycles. The number of hydrogen-bond acceptors (Lipinski definition) is 8. The SMILES string of the molecule is CN1CCC[C@H]1COc1nc2c(c(N3C[C@H]4CC[C@@H](C3)N4C(=O)O)n1)CCN(c1cncc3ccccc13)C2. The zero-order valence-electron chi connectivity index (χ0n) is 22.4. The van der Waals surface area contributed by atoms with Crippen LogP contribution in [0.15, 0.2) is 36.7 Å². The Morgan fingerprint density at radius 3 is 2.64 bits per heavy atom. The summed E-state index contributed by atoms with van der Waals surface area (Å²) < 4.78 is 6.27. The second kappa shape index (κ2) is 9.82. The van der Waals surface area contributed by atoms with Crippen LogP contribution < -0.4 is 14.5 Å². The molecule has 1 amide bonds. The highest BCUT2D eigenvalue weighted by molar-refractivity contribution is 5.93. The van der Waals surface area contributed by atoms with Gasteiger partial charge in [-0.15, -0.1) is 0 Å². The van der Waals surface area contributed by atoms with Crippen LogP contribution in [0.25, 0.3) is 10.8 Å². The molecule has 0 unspecified atom stereocenters. The van der Waals surface area contributed by atoms with Gasteiger partial charge in [-0.05, 0) is 45.7 Å². The van der Waals surface area contributed by atoms with Crippen LogP contribution in [0.4, 0.5) is 16.3 Å². The summed E-state index contributed by atoms with van der Waals surface area (Å²) in [5, 5.41) is 12.1. The molecule has 4 aliphatic heterocycles. The van der Waals surface area contributed by atoms with Crippen molar-refractivity contribution in [2.24, 2.45) is 0 Å². The number of fused-ring (bicyclic) bond motifs is 4. The lowest BCUT2D eigenvalue weighted by molar-refractivity contribution is 0.114. The number of benzene rings is 1. The van der Waals surface area contributed by atoms with E-state index in [0.29, 0.717) is 38.3 Å². The first kappa shape index (κ1) is 24.4. The van der Waals surface area contributed by atoms with Gasteiger partial charge in [0.25, 0.3) is 0 Å². The van der Waals surface area contributed by atoms with Crippen molar-refractivity contribution in [2.75, 3.05) is 49.6 Å². The number of hydrogen-bond donors (Lipinski definition) is 1. The van der Waals surface area contributed by atoms with Crippen LogP contribution in [0, 0.1) is 0 Å². The summed E-state index contributed by atoms with van der Waals surface area (Å²) in [4.78, 5) is 35.0. The summed E-state index contributed by atoms with van der Waals surface area (Å²) in [6, 6.07) is 9.17. The van der Waals surface area contributed by atoms with E-state index >= 15 is 0 Å². The van der Waals surface area contributed by atoms with Crippen molar-refractivity contribution in [3.05, 3.63) is 47.9 Å². The summed E-state index contributed by atoms with van der Waals surface area (Å²) in [7, 11) is 2.15. The van der Waals surface area contributed by atoms with E-state index in [0.717, 1.165) is 66.9 Å². The lowest BCUT2D eigenvalue weighted by atomic mass is 10.0. The minimum absolute atomic E-state index is 0.00483. The summed E-state index contributed by atoms with van der Waals surface area (Å²) >= 11 is 0. The number of amides is 1. The average molecular weight is 530 g/mol. The van der Waals surface area contributed by atoms with Crippen LogP contribution in [0.2, 0.25) is 0 Å². The second-order valence-electron chi connectivity index (χ2n) is 11.4. The van der Waals surface area contributed by atoms with Crippen LogP contribution in [0.5, 0.6) is 6.01 Å². The minimum Gasteiger partial charge on any atom is -0.465 e. The first-order valence-electron chi connectivity index (χ1n) is 14.1. The average Bonchev–Trinajstić information content (AvgIpc) is 3.49. The van der Waals surface area contributed by atoms with Gasteiger partial charge in [0.05, 0.1) is 36.2 Å². The Labute approximate surface area is 228 Å². The number of likely N-dealkylation sites (tertiary alicyclic amines) is 1. The third-order valence-electron chi connectivity index (χ3n) is 9.09. The molecule has 3 aromatic rings. The zero-order chi connectivity index (χ0) is 26.5. The van der Waals surface area contributed by atoms with Gasteiger partial charge in [0.15, 0.2) is 0 Å². The van der Waals surface area contributed by atoms with Crippen LogP contribution in [-0.4, -0.2) is 93.9 Å². The number of nitrogens with zero attached hydrogens (tertiary/aromatic N) is 7. The number of rotatable bonds is 5. The highest BCUT2D eigenvalue weighted by atomic mass is 16.5. The Morgan fingerprint density at radius 2 is 1.87 bits per heavy atom. The van der Waals surface area contributed by atoms with Crippen molar-refractivity contribution in [2.45, 2.75) is 56.8 Å². The van der Waals surface area contributed by atoms with Gasteiger partial charge in [-0.2, -0.15) is 9.97 Å². The zero-order valence-corrected chi connectivity index (χ0v) is 22.4. The fourth-order valence-corrected chi connectivity index (χ4v) is 7.02. The molecule has 0 radical (unpaired) electrons. The van der Waals surface area contributed by atoms with Crippen molar-refractivity contribution in [1.82, 2.24) is 24.8 Å². The van der Waals surface area contributed by atoms with Crippen LogP contribution >= 0.6 is 0 Å². The van der Waals surface area contributed by atoms with Gasteiger partial charge in [-0.1, -0.05) is 24.3 Å². The Balaban J connectivity index is 1.22. The molecule has 4 aliphatic rings. The molecule has 2 aromatic heterocycles. The molecule has 3 fully saturated rings. The minimum atomic E-state index is -0.809. The molecule has 39 heavy (non-hydrogen) atoms. The predicted octanol–water partition coefficient (Wildman–Crippen LogP) is 3.39. The molecule has 0 saturated carbocycles. The Kier molecular flexibility index (Phi) is 6.14. The molecule has 2 bridgehead atoms. The fraction of sp³-hybridized carbons (Fsp3) is 0.517. The summed E-state index contributed by atoms with van der Waals surface area (Å²) in [6.07, 6.45) is 7.98. The van der Waals surface area contributed by atoms with Crippen LogP contribution in [0.3, 0.4) is 0 Å². The van der Waals surface area contributed by atoms with E-state index in [1.165, 1.54) is 11.8 Å². The van der Waals surface area contributed by atoms with E-state index in [4.69, 9.17) is 14.7 Å². The molecule has 0 aliphatic carbocycles. The van der Waals surface area contributed by atoms with E-state index in [1.54, 1.807) is 4.90 Å². The topological polar surface area (TPSA) is 98.2 Å². The number of piperazine rings is 1. The highest BCUT2D eigenvalue weighted by Crippen LogP contribution is 2.37. The van der Waals surface area contributed by atoms with Gasteiger partial charge < -0.3 is 24.5 Å². The van der Waals surface area contributed by atoms with E-state index < -0.39 is 6.09 Å². The maximum Gasteiger partial charge on any atom is 0.407 e. The Morgan fingerprint density at radius 1 is 1.05 bits per heavy atom. The molecule has 1 aromatic carbocycles. The molecule has 6 heterocycles. The predicted molar refractivity (Wildman–Crippen MR) is 149 cm³/mol. The smallest absolute Gasteiger partial charge is 0.407 e. The largest absolute Gasteiger partial charge is 0.465 e. The molecule has 1 N–H and O–H groups in total. The van der Waals surface area contributed by atoms with Gasteiger partial charge >= 0.3 is 12.1 Å². The van der Waals surface area contributed by atoms with Crippen molar-refractivity contribution >= 4 is 28.4 Å². The van der Waals surface area contributed by atoms with E-state index in [-0.39, 0.29) is 12.1 Å². The number of pyridine rings is 1. The molecule has 10 heteroatoms. The first-order valence-corrected chi connectivity index (χ1v) is 14.1. The Hall–Kier alpha value is -3.66. The molecule has 0 spiro atoms. The summed E-state index contributed by atoms with van der Waals surface area (Å²) in [5.41, 5.74) is 3.26. The molecule has 204 valence electrons. The quantitative estimate of drug-likeness (QED) is 0.533. The molecule has 7 rings (SSSR count). The Bertz CT molecular complexity index is 1380. The van der Waals surface area contributed by atoms with E-state index in [1.807, 2.05) is 18.5 Å². The fourth-order valence-electron chi connectivity index (χ4n) is 7.02. The second-order valence-corrected chi connectivity index (χ2v) is 11.4. The highest BCUT2D eigenvalue weighted by Gasteiger charge is 2.44. The number of ether oxygens (including phenoxy) is 1. The van der Waals surface area contributed by atoms with Gasteiger partial charge in [-0.3, -0.25) is 9.88 Å². The van der Waals surface area contributed by atoms with Gasteiger partial charge in [0.2, 0.25) is 0 Å². The number of anilines is 2. The third-order valence-corrected chi connectivity index (χ3v) is 9.09. The summed E-state index contributed by atoms with van der Waals surface area (Å²) in [5.74, 6) is 0.924. The third kappa shape index (κ3) is 4.40. The van der Waals surface area contributed by atoms with Crippen molar-refractivity contribution in [3.8, 4) is 6.01 Å². The van der Waals surface area contributed by atoms with Gasteiger partial charge in [-0.25, -0.2) is 4.79 Å². The maximum atomic E-state index is 11.9. The van der Waals surface area contributed by atoms with Crippen molar-refractivity contribution in [1.29, 1.82) is 0 Å². The molecule has 10 nitrogen and oxygen atoms in total. The normalized spacial score (nSPS) is 24.8. The van der Waals surface area contributed by atoms with E-state index in [2.05, 4.69) is 44.9 Å². The molecular weight excluding hydrogens is 494 g/mol. The number of carboxylic acid groups (broad SMARTS) is 1. The first-order chi connectivity index (χ1) is 19.0. The molecular formula is C29H35N7O3. The monoisotopic (exact) mass is 529 g/mol. The van der Waals surface area contributed by atoms with Crippen molar-refractivity contribution < 1.29 is 14.6 Å². The number of aromatic nitrogens is 3. The standard InChI is InChI=1S/C29H35N7O3/c1-33-11-4-6-22(33)18-39-28-31-25-17-34(26-14-30-13-19-5-2-3-7-23(19)26)12-10-24(25)27(32-28)35-15-20-8-9-21(16-35)36(20)29(37)38/h2-3,5,7,13-14,20-22H,4,6,8-12,15-18H2,1H3,(H,37,38)/t20-,21+,22-/m0/s1. The van der Waals surface area contributed by atoms with Crippen LogP contribution in [0.1, 0.15) is 36.9 Å². The van der Waals surface area contributed by atoms with Crippen LogP contribution in [-0.2, 0) is 13.0 Å². The lowest BCUT2D eigenvalue weighted by Gasteiger charge is -2.41. The van der Waals surface area contributed by atoms with Crippen molar-refractivity contribution in [3.63, 3.8) is 0 Å². The molecule has 3 atom stereocenters. The summed E-state index contributed by atoms with van der Waals surface area (Å²) in [6.45, 7) is 4.48. The maximum absolute atomic E-state index is 11.9. The van der Waals surface area contributed by atoms with Gasteiger partial charge in [0.1, 0.15) is 12.4 Å².